The highest BCUT2D eigenvalue weighted by Crippen LogP contribution is 2.44. The molecule has 3 aromatic carbocycles. The normalized spacial score (nSPS) is 11.4. The van der Waals surface area contributed by atoms with E-state index in [1.807, 2.05) is 37.5 Å². The Morgan fingerprint density at radius 1 is 0.939 bits per heavy atom. The molecule has 3 nitrogen and oxygen atoms in total. The van der Waals surface area contributed by atoms with Crippen LogP contribution in [0.5, 0.6) is 0 Å². The minimum absolute atomic E-state index is 0.621. The summed E-state index contributed by atoms with van der Waals surface area (Å²) in [6.45, 7) is 14.4. The molecular weight excluding hydrogens is 404 g/mol. The molecular formula is C30H27N2O+. The maximum atomic E-state index is 7.78. The molecule has 5 rings (SSSR count). The maximum Gasteiger partial charge on any atom is 0.216 e. The number of rotatable bonds is 4. The van der Waals surface area contributed by atoms with Crippen LogP contribution in [0, 0.1) is 19.4 Å². The summed E-state index contributed by atoms with van der Waals surface area (Å²) in [5.74, 6) is 0.622. The van der Waals surface area contributed by atoms with Crippen molar-refractivity contribution in [3.63, 3.8) is 0 Å². The Kier molecular flexibility index (Phi) is 5.23. The van der Waals surface area contributed by atoms with Crippen LogP contribution in [0.2, 0.25) is 0 Å². The predicted octanol–water partition coefficient (Wildman–Crippen LogP) is 7.80. The molecule has 5 aromatic rings. The lowest BCUT2D eigenvalue weighted by Gasteiger charge is -2.08. The molecule has 33 heavy (non-hydrogen) atoms. The fourth-order valence-corrected chi connectivity index (χ4v) is 4.74. The van der Waals surface area contributed by atoms with Gasteiger partial charge in [0.25, 0.3) is 0 Å². The third-order valence-electron chi connectivity index (χ3n) is 6.32. The molecule has 0 bridgehead atoms. The summed E-state index contributed by atoms with van der Waals surface area (Å²) in [6.07, 6.45) is 3.11. The minimum Gasteiger partial charge on any atom is -0.456 e. The number of nitrogens with zero attached hydrogens (tertiary/aromatic N) is 2. The van der Waals surface area contributed by atoms with E-state index in [9.17, 15) is 0 Å². The molecule has 0 aliphatic carbocycles. The summed E-state index contributed by atoms with van der Waals surface area (Å²) in [5.41, 5.74) is 8.99. The lowest BCUT2D eigenvalue weighted by atomic mass is 9.96. The van der Waals surface area contributed by atoms with E-state index in [0.29, 0.717) is 11.6 Å². The van der Waals surface area contributed by atoms with Gasteiger partial charge >= 0.3 is 0 Å². The second kappa shape index (κ2) is 8.22. The van der Waals surface area contributed by atoms with Crippen molar-refractivity contribution in [2.24, 2.45) is 13.0 Å². The molecule has 0 amide bonds. The van der Waals surface area contributed by atoms with Crippen LogP contribution in [0.4, 0.5) is 5.69 Å². The summed E-state index contributed by atoms with van der Waals surface area (Å²) in [4.78, 5) is 3.83. The third kappa shape index (κ3) is 3.58. The highest BCUT2D eigenvalue weighted by molar-refractivity contribution is 6.18. The van der Waals surface area contributed by atoms with Gasteiger partial charge in [0.2, 0.25) is 5.69 Å². The zero-order chi connectivity index (χ0) is 23.1. The van der Waals surface area contributed by atoms with Gasteiger partial charge in [0.15, 0.2) is 11.9 Å². The Hall–Kier alpha value is -3.90. The number of fused-ring (bicyclic) bond motifs is 3. The molecule has 0 unspecified atom stereocenters. The molecule has 0 atom stereocenters. The number of benzene rings is 3. The van der Waals surface area contributed by atoms with Gasteiger partial charge in [0.1, 0.15) is 18.2 Å². The summed E-state index contributed by atoms with van der Waals surface area (Å²) in [6, 6.07) is 23.1. The molecule has 2 heterocycles. The van der Waals surface area contributed by atoms with Gasteiger partial charge in [0, 0.05) is 28.5 Å². The topological polar surface area (TPSA) is 21.4 Å². The molecule has 0 spiro atoms. The van der Waals surface area contributed by atoms with Crippen molar-refractivity contribution in [1.29, 1.82) is 0 Å². The van der Waals surface area contributed by atoms with E-state index in [1.54, 1.807) is 0 Å². The van der Waals surface area contributed by atoms with Crippen molar-refractivity contribution in [1.82, 2.24) is 0 Å². The van der Waals surface area contributed by atoms with E-state index in [1.165, 1.54) is 5.56 Å². The fraction of sp³-hybridized carbons (Fsp3) is 0.200. The standard InChI is InChI=1S/C30H27N2O/c1-19(2)18-21-10-12-22(13-11-21)23-15-16-25(31-4)28-24-14-9-20(3)27(30(24)33-29(23)28)26-8-6-7-17-32(26)5/h6-17,19H,18H2,1-3,5H3/q+1. The number of aryl methyl sites for hydroxylation is 2. The lowest BCUT2D eigenvalue weighted by Crippen LogP contribution is -2.30. The number of furan rings is 1. The number of hydrogen-bond acceptors (Lipinski definition) is 1. The highest BCUT2D eigenvalue weighted by Gasteiger charge is 2.23. The molecule has 0 saturated heterocycles. The third-order valence-corrected chi connectivity index (χ3v) is 6.32. The van der Waals surface area contributed by atoms with Gasteiger partial charge < -0.3 is 4.42 Å². The maximum absolute atomic E-state index is 7.78. The summed E-state index contributed by atoms with van der Waals surface area (Å²) >= 11 is 0. The zero-order valence-electron chi connectivity index (χ0n) is 19.5. The van der Waals surface area contributed by atoms with Crippen LogP contribution < -0.4 is 4.57 Å². The van der Waals surface area contributed by atoms with Gasteiger partial charge in [0.05, 0.1) is 12.1 Å². The van der Waals surface area contributed by atoms with Gasteiger partial charge in [-0.25, -0.2) is 9.41 Å². The van der Waals surface area contributed by atoms with Gasteiger partial charge in [-0.1, -0.05) is 62.4 Å². The van der Waals surface area contributed by atoms with Crippen molar-refractivity contribution in [2.75, 3.05) is 0 Å². The average Bonchev–Trinajstić information content (AvgIpc) is 3.19. The first-order valence-corrected chi connectivity index (χ1v) is 11.4. The minimum atomic E-state index is 0.621. The second-order valence-electron chi connectivity index (χ2n) is 9.18. The smallest absolute Gasteiger partial charge is 0.216 e. The molecule has 0 aliphatic rings. The van der Waals surface area contributed by atoms with E-state index in [4.69, 9.17) is 11.0 Å². The Labute approximate surface area is 194 Å². The van der Waals surface area contributed by atoms with Crippen molar-refractivity contribution in [2.45, 2.75) is 27.2 Å². The molecule has 0 fully saturated rings. The molecule has 0 N–H and O–H groups in total. The van der Waals surface area contributed by atoms with E-state index < -0.39 is 0 Å². The Morgan fingerprint density at radius 2 is 1.73 bits per heavy atom. The van der Waals surface area contributed by atoms with Crippen molar-refractivity contribution >= 4 is 27.6 Å². The zero-order valence-corrected chi connectivity index (χ0v) is 19.5. The second-order valence-corrected chi connectivity index (χ2v) is 9.18. The Balaban J connectivity index is 1.80. The van der Waals surface area contributed by atoms with E-state index in [0.717, 1.165) is 56.3 Å². The van der Waals surface area contributed by atoms with Crippen LogP contribution in [0.3, 0.4) is 0 Å². The first kappa shape index (κ1) is 21.0. The molecule has 0 saturated carbocycles. The molecule has 162 valence electrons. The van der Waals surface area contributed by atoms with Crippen LogP contribution >= 0.6 is 0 Å². The van der Waals surface area contributed by atoms with Gasteiger partial charge in [-0.3, -0.25) is 0 Å². The number of hydrogen-bond donors (Lipinski definition) is 0. The number of pyridine rings is 1. The SMILES string of the molecule is [C-]#[N+]c1ccc(-c2ccc(CC(C)C)cc2)c2oc3c(-c4cccc[n+]4C)c(C)ccc3c12. The van der Waals surface area contributed by atoms with Gasteiger partial charge in [-0.2, -0.15) is 0 Å². The largest absolute Gasteiger partial charge is 0.456 e. The first-order valence-electron chi connectivity index (χ1n) is 11.4. The molecule has 2 aromatic heterocycles. The van der Waals surface area contributed by atoms with Crippen LogP contribution in [0.15, 0.2) is 77.3 Å². The molecule has 3 heteroatoms. The molecule has 0 aliphatic heterocycles. The fourth-order valence-electron chi connectivity index (χ4n) is 4.74. The summed E-state index contributed by atoms with van der Waals surface area (Å²) < 4.78 is 8.75. The van der Waals surface area contributed by atoms with Crippen molar-refractivity contribution < 1.29 is 8.98 Å². The first-order chi connectivity index (χ1) is 16.0. The van der Waals surface area contributed by atoms with Crippen molar-refractivity contribution in [3.8, 4) is 22.4 Å². The monoisotopic (exact) mass is 431 g/mol. The van der Waals surface area contributed by atoms with Crippen LogP contribution in [-0.2, 0) is 13.5 Å². The van der Waals surface area contributed by atoms with Crippen LogP contribution in [0.1, 0.15) is 25.0 Å². The summed E-state index contributed by atoms with van der Waals surface area (Å²) in [5, 5.41) is 1.88. The predicted molar refractivity (Wildman–Crippen MR) is 135 cm³/mol. The van der Waals surface area contributed by atoms with Crippen LogP contribution in [-0.4, -0.2) is 0 Å². The van der Waals surface area contributed by atoms with E-state index in [2.05, 4.69) is 72.6 Å². The Morgan fingerprint density at radius 3 is 2.42 bits per heavy atom. The highest BCUT2D eigenvalue weighted by atomic mass is 16.3. The lowest BCUT2D eigenvalue weighted by molar-refractivity contribution is -0.660. The van der Waals surface area contributed by atoms with E-state index >= 15 is 0 Å². The van der Waals surface area contributed by atoms with E-state index in [-0.39, 0.29) is 0 Å². The summed E-state index contributed by atoms with van der Waals surface area (Å²) in [7, 11) is 2.05. The van der Waals surface area contributed by atoms with Crippen molar-refractivity contribution in [3.05, 3.63) is 95.5 Å². The number of aromatic nitrogens is 1. The Bertz CT molecular complexity index is 1530. The quantitative estimate of drug-likeness (QED) is 0.210. The molecule has 0 radical (unpaired) electrons. The van der Waals surface area contributed by atoms with Gasteiger partial charge in [-0.15, -0.1) is 0 Å². The average molecular weight is 432 g/mol. The van der Waals surface area contributed by atoms with Crippen LogP contribution in [0.25, 0.3) is 49.2 Å². The van der Waals surface area contributed by atoms with Gasteiger partial charge in [-0.05, 0) is 42.0 Å².